The minimum atomic E-state index is -0.208. The van der Waals surface area contributed by atoms with Gasteiger partial charge in [-0.2, -0.15) is 0 Å². The number of hydrogen-bond acceptors (Lipinski definition) is 3. The zero-order valence-corrected chi connectivity index (χ0v) is 14.4. The summed E-state index contributed by atoms with van der Waals surface area (Å²) in [5.74, 6) is 0.957. The molecule has 0 unspecified atom stereocenters. The van der Waals surface area contributed by atoms with Gasteiger partial charge in [-0.25, -0.2) is 4.79 Å². The maximum Gasteiger partial charge on any atom is 0.410 e. The number of rotatable bonds is 5. The molecule has 1 N–H and O–H groups in total. The summed E-state index contributed by atoms with van der Waals surface area (Å²) < 4.78 is 5.41. The SMILES string of the molecule is O=C(OCc1ccccc1)N1CCC(CCc2ccc(O)cc2)CC1. The summed E-state index contributed by atoms with van der Waals surface area (Å²) in [6, 6.07) is 17.2. The molecule has 3 rings (SSSR count). The molecule has 1 aliphatic rings. The number of nitrogens with zero attached hydrogens (tertiary/aromatic N) is 1. The van der Waals surface area contributed by atoms with Crippen molar-refractivity contribution in [2.45, 2.75) is 32.3 Å². The summed E-state index contributed by atoms with van der Waals surface area (Å²) in [5, 5.41) is 9.32. The van der Waals surface area contributed by atoms with E-state index in [0.29, 0.717) is 18.3 Å². The average molecular weight is 339 g/mol. The number of carbonyl (C=O) groups is 1. The van der Waals surface area contributed by atoms with Crippen LogP contribution < -0.4 is 0 Å². The van der Waals surface area contributed by atoms with E-state index in [-0.39, 0.29) is 6.09 Å². The molecule has 4 heteroatoms. The standard InChI is InChI=1S/C21H25NO3/c23-20-10-8-17(9-11-20)6-7-18-12-14-22(15-13-18)21(24)25-16-19-4-2-1-3-5-19/h1-5,8-11,18,23H,6-7,12-16H2. The van der Waals surface area contributed by atoms with Crippen LogP contribution >= 0.6 is 0 Å². The number of likely N-dealkylation sites (tertiary alicyclic amines) is 1. The summed E-state index contributed by atoms with van der Waals surface area (Å²) in [6.45, 7) is 1.88. The average Bonchev–Trinajstić information content (AvgIpc) is 2.67. The Morgan fingerprint density at radius 1 is 1.00 bits per heavy atom. The Morgan fingerprint density at radius 3 is 2.36 bits per heavy atom. The van der Waals surface area contributed by atoms with Gasteiger partial charge < -0.3 is 14.7 Å². The second kappa shape index (κ2) is 8.56. The van der Waals surface area contributed by atoms with Crippen LogP contribution in [0.1, 0.15) is 30.4 Å². The van der Waals surface area contributed by atoms with Crippen LogP contribution in [0.2, 0.25) is 0 Å². The summed E-state index contributed by atoms with van der Waals surface area (Å²) in [5.41, 5.74) is 2.27. The van der Waals surface area contributed by atoms with Gasteiger partial charge in [0.25, 0.3) is 0 Å². The van der Waals surface area contributed by atoms with Crippen LogP contribution in [0.4, 0.5) is 4.79 Å². The lowest BCUT2D eigenvalue weighted by Gasteiger charge is -2.31. The third kappa shape index (κ3) is 5.24. The first-order valence-corrected chi connectivity index (χ1v) is 8.94. The van der Waals surface area contributed by atoms with Gasteiger partial charge in [0.1, 0.15) is 12.4 Å². The Balaban J connectivity index is 1.37. The number of piperidine rings is 1. The van der Waals surface area contributed by atoms with E-state index in [1.165, 1.54) is 5.56 Å². The zero-order chi connectivity index (χ0) is 17.5. The van der Waals surface area contributed by atoms with Crippen molar-refractivity contribution in [1.82, 2.24) is 4.90 Å². The molecule has 1 saturated heterocycles. The zero-order valence-electron chi connectivity index (χ0n) is 14.4. The van der Waals surface area contributed by atoms with Crippen LogP contribution in [0.3, 0.4) is 0 Å². The number of aryl methyl sites for hydroxylation is 1. The first-order valence-electron chi connectivity index (χ1n) is 8.94. The second-order valence-electron chi connectivity index (χ2n) is 6.68. The van der Waals surface area contributed by atoms with Crippen molar-refractivity contribution >= 4 is 6.09 Å². The van der Waals surface area contributed by atoms with Crippen molar-refractivity contribution in [2.75, 3.05) is 13.1 Å². The van der Waals surface area contributed by atoms with Gasteiger partial charge in [0.15, 0.2) is 0 Å². The van der Waals surface area contributed by atoms with Gasteiger partial charge in [0.2, 0.25) is 0 Å². The van der Waals surface area contributed by atoms with Crippen molar-refractivity contribution in [3.05, 3.63) is 65.7 Å². The van der Waals surface area contributed by atoms with Crippen LogP contribution in [-0.2, 0) is 17.8 Å². The highest BCUT2D eigenvalue weighted by Gasteiger charge is 2.23. The monoisotopic (exact) mass is 339 g/mol. The van der Waals surface area contributed by atoms with E-state index in [1.807, 2.05) is 47.4 Å². The third-order valence-corrected chi connectivity index (χ3v) is 4.86. The number of carbonyl (C=O) groups excluding carboxylic acids is 1. The molecular weight excluding hydrogens is 314 g/mol. The molecule has 0 spiro atoms. The predicted molar refractivity (Wildman–Crippen MR) is 97.4 cm³/mol. The van der Waals surface area contributed by atoms with E-state index in [1.54, 1.807) is 12.1 Å². The number of amides is 1. The largest absolute Gasteiger partial charge is 0.508 e. The lowest BCUT2D eigenvalue weighted by Crippen LogP contribution is -2.38. The molecule has 1 heterocycles. The van der Waals surface area contributed by atoms with Crippen molar-refractivity contribution < 1.29 is 14.6 Å². The van der Waals surface area contributed by atoms with Crippen molar-refractivity contribution in [3.63, 3.8) is 0 Å². The van der Waals surface area contributed by atoms with Gasteiger partial charge in [0, 0.05) is 13.1 Å². The highest BCUT2D eigenvalue weighted by Crippen LogP contribution is 2.23. The van der Waals surface area contributed by atoms with Crippen LogP contribution in [0.5, 0.6) is 5.75 Å². The summed E-state index contributed by atoms with van der Waals surface area (Å²) in [6.07, 6.45) is 3.99. The van der Waals surface area contributed by atoms with Crippen molar-refractivity contribution in [3.8, 4) is 5.75 Å². The highest BCUT2D eigenvalue weighted by molar-refractivity contribution is 5.67. The molecule has 2 aromatic carbocycles. The van der Waals surface area contributed by atoms with Crippen molar-refractivity contribution in [1.29, 1.82) is 0 Å². The summed E-state index contributed by atoms with van der Waals surface area (Å²) in [4.78, 5) is 14.0. The van der Waals surface area contributed by atoms with Crippen LogP contribution in [0, 0.1) is 5.92 Å². The van der Waals surface area contributed by atoms with Crippen LogP contribution in [0.15, 0.2) is 54.6 Å². The molecule has 0 radical (unpaired) electrons. The van der Waals surface area contributed by atoms with Crippen molar-refractivity contribution in [2.24, 2.45) is 5.92 Å². The Morgan fingerprint density at radius 2 is 1.68 bits per heavy atom. The fourth-order valence-corrected chi connectivity index (χ4v) is 3.25. The number of hydrogen-bond donors (Lipinski definition) is 1. The van der Waals surface area contributed by atoms with E-state index in [0.717, 1.165) is 44.3 Å². The Kier molecular flexibility index (Phi) is 5.94. The molecule has 132 valence electrons. The van der Waals surface area contributed by atoms with Crippen LogP contribution in [-0.4, -0.2) is 29.2 Å². The normalized spacial score (nSPS) is 15.1. The minimum Gasteiger partial charge on any atom is -0.508 e. The van der Waals surface area contributed by atoms with Gasteiger partial charge in [-0.1, -0.05) is 42.5 Å². The highest BCUT2D eigenvalue weighted by atomic mass is 16.6. The third-order valence-electron chi connectivity index (χ3n) is 4.86. The molecule has 0 bridgehead atoms. The molecule has 25 heavy (non-hydrogen) atoms. The minimum absolute atomic E-state index is 0.208. The predicted octanol–water partition coefficient (Wildman–Crippen LogP) is 4.37. The Hall–Kier alpha value is -2.49. The van der Waals surface area contributed by atoms with Gasteiger partial charge in [-0.05, 0) is 54.9 Å². The smallest absolute Gasteiger partial charge is 0.410 e. The van der Waals surface area contributed by atoms with Gasteiger partial charge in [-0.15, -0.1) is 0 Å². The molecule has 1 fully saturated rings. The Labute approximate surface area is 149 Å². The number of aromatic hydroxyl groups is 1. The first kappa shape index (κ1) is 17.3. The summed E-state index contributed by atoms with van der Waals surface area (Å²) >= 11 is 0. The molecule has 4 nitrogen and oxygen atoms in total. The molecular formula is C21H25NO3. The lowest BCUT2D eigenvalue weighted by atomic mass is 9.91. The number of ether oxygens (including phenoxy) is 1. The van der Waals surface area contributed by atoms with E-state index in [2.05, 4.69) is 0 Å². The molecule has 0 aliphatic carbocycles. The molecule has 1 amide bonds. The van der Waals surface area contributed by atoms with E-state index in [9.17, 15) is 9.90 Å². The second-order valence-corrected chi connectivity index (χ2v) is 6.68. The van der Waals surface area contributed by atoms with E-state index in [4.69, 9.17) is 4.74 Å². The Bertz CT molecular complexity index is 661. The first-order chi connectivity index (χ1) is 12.2. The molecule has 0 saturated carbocycles. The van der Waals surface area contributed by atoms with Crippen LogP contribution in [0.25, 0.3) is 0 Å². The molecule has 2 aromatic rings. The van der Waals surface area contributed by atoms with Gasteiger partial charge >= 0.3 is 6.09 Å². The molecule has 1 aliphatic heterocycles. The quantitative estimate of drug-likeness (QED) is 0.880. The van der Waals surface area contributed by atoms with E-state index < -0.39 is 0 Å². The van der Waals surface area contributed by atoms with Gasteiger partial charge in [-0.3, -0.25) is 0 Å². The molecule has 0 atom stereocenters. The lowest BCUT2D eigenvalue weighted by molar-refractivity contribution is 0.0815. The fourth-order valence-electron chi connectivity index (χ4n) is 3.25. The van der Waals surface area contributed by atoms with Gasteiger partial charge in [0.05, 0.1) is 0 Å². The molecule has 0 aromatic heterocycles. The fraction of sp³-hybridized carbons (Fsp3) is 0.381. The topological polar surface area (TPSA) is 49.8 Å². The maximum atomic E-state index is 12.2. The number of phenolic OH excluding ortho intramolecular Hbond substituents is 1. The number of phenols is 1. The summed E-state index contributed by atoms with van der Waals surface area (Å²) in [7, 11) is 0. The van der Waals surface area contributed by atoms with E-state index >= 15 is 0 Å². The maximum absolute atomic E-state index is 12.2. The number of benzene rings is 2.